The van der Waals surface area contributed by atoms with E-state index in [1.54, 1.807) is 24.3 Å². The summed E-state index contributed by atoms with van der Waals surface area (Å²) in [4.78, 5) is 11.3. The van der Waals surface area contributed by atoms with Crippen LogP contribution in [-0.2, 0) is 14.3 Å². The van der Waals surface area contributed by atoms with E-state index in [9.17, 15) is 20.1 Å². The van der Waals surface area contributed by atoms with Crippen molar-refractivity contribution in [2.45, 2.75) is 30.3 Å². The lowest BCUT2D eigenvalue weighted by atomic mass is 9.76. The summed E-state index contributed by atoms with van der Waals surface area (Å²) in [5.74, 6) is -2.06. The van der Waals surface area contributed by atoms with Crippen LogP contribution < -0.4 is 10.4 Å². The first-order chi connectivity index (χ1) is 12.9. The molecule has 3 N–H and O–H groups in total. The minimum absolute atomic E-state index is 0.0792. The van der Waals surface area contributed by atoms with Crippen LogP contribution in [0.5, 0.6) is 0 Å². The minimum Gasteiger partial charge on any atom is -0.507 e. The maximum atomic E-state index is 11.3. The second-order valence-electron chi connectivity index (χ2n) is 7.28. The molecule has 0 bridgehead atoms. The van der Waals surface area contributed by atoms with Crippen LogP contribution in [-0.4, -0.2) is 45.4 Å². The SMILES string of the molecule is O=C(O)C1CCOC2(C=CC3=c4ccc5c(c4C=CC3(O)C2)C=CC=5O)O1. The number of carboxylic acids is 1. The number of carbonyl (C=O) groups is 1. The highest BCUT2D eigenvalue weighted by atomic mass is 16.7. The lowest BCUT2D eigenvalue weighted by Crippen LogP contribution is -2.53. The molecule has 1 aliphatic heterocycles. The summed E-state index contributed by atoms with van der Waals surface area (Å²) in [6.45, 7) is 0.250. The van der Waals surface area contributed by atoms with Gasteiger partial charge in [-0.2, -0.15) is 0 Å². The van der Waals surface area contributed by atoms with E-state index >= 15 is 0 Å². The zero-order valence-electron chi connectivity index (χ0n) is 14.4. The van der Waals surface area contributed by atoms with Gasteiger partial charge < -0.3 is 24.8 Å². The third-order valence-corrected chi connectivity index (χ3v) is 5.62. The molecule has 0 saturated carbocycles. The lowest BCUT2D eigenvalue weighted by molar-refractivity contribution is -0.277. The van der Waals surface area contributed by atoms with Crippen LogP contribution in [0.2, 0.25) is 0 Å². The minimum atomic E-state index is -1.33. The molecule has 1 aromatic rings. The van der Waals surface area contributed by atoms with Crippen molar-refractivity contribution in [1.82, 2.24) is 0 Å². The topological polar surface area (TPSA) is 96.2 Å². The number of ether oxygens (including phenoxy) is 2. The third-order valence-electron chi connectivity index (χ3n) is 5.62. The lowest BCUT2D eigenvalue weighted by Gasteiger charge is -2.45. The van der Waals surface area contributed by atoms with Gasteiger partial charge in [-0.1, -0.05) is 24.3 Å². The van der Waals surface area contributed by atoms with E-state index in [-0.39, 0.29) is 25.2 Å². The number of aliphatic hydroxyl groups is 2. The summed E-state index contributed by atoms with van der Waals surface area (Å²) in [6, 6.07) is 3.72. The van der Waals surface area contributed by atoms with E-state index in [0.717, 1.165) is 21.6 Å². The smallest absolute Gasteiger partial charge is 0.333 e. The number of hydrogen-bond acceptors (Lipinski definition) is 5. The van der Waals surface area contributed by atoms with Crippen LogP contribution in [0.25, 0.3) is 23.5 Å². The van der Waals surface area contributed by atoms with Crippen LogP contribution in [0.3, 0.4) is 0 Å². The van der Waals surface area contributed by atoms with E-state index in [2.05, 4.69) is 0 Å². The third kappa shape index (κ3) is 2.34. The molecule has 0 amide bonds. The fourth-order valence-electron chi connectivity index (χ4n) is 4.31. The standard InChI is InChI=1S/C21H18O6/c22-17-4-3-12-13-5-8-20(25)11-21(26-10-7-18(27-21)19(23)24)9-6-16(20)14(13)1-2-15(12)17/h1-6,8-9,18,22,25H,7,10-11H2,(H,23,24). The second-order valence-corrected chi connectivity index (χ2v) is 7.28. The van der Waals surface area contributed by atoms with Gasteiger partial charge in [-0.05, 0) is 46.2 Å². The van der Waals surface area contributed by atoms with Crippen molar-refractivity contribution in [2.24, 2.45) is 0 Å². The zero-order chi connectivity index (χ0) is 18.8. The molecule has 1 saturated heterocycles. The largest absolute Gasteiger partial charge is 0.507 e. The Labute approximate surface area is 154 Å². The van der Waals surface area contributed by atoms with Gasteiger partial charge in [0.2, 0.25) is 0 Å². The van der Waals surface area contributed by atoms with Gasteiger partial charge in [0.15, 0.2) is 11.9 Å². The maximum absolute atomic E-state index is 11.3. The van der Waals surface area contributed by atoms with Gasteiger partial charge in [0.25, 0.3) is 0 Å². The summed E-state index contributed by atoms with van der Waals surface area (Å²) in [5.41, 5.74) is 1.23. The molecule has 1 spiro atoms. The summed E-state index contributed by atoms with van der Waals surface area (Å²) in [5, 5.41) is 32.2. The van der Waals surface area contributed by atoms with Gasteiger partial charge in [0, 0.05) is 18.1 Å². The molecule has 0 aromatic heterocycles. The fraction of sp³-hybridized carbons (Fsp3) is 0.286. The van der Waals surface area contributed by atoms with Crippen molar-refractivity contribution in [3.63, 3.8) is 0 Å². The molecule has 3 aliphatic carbocycles. The molecule has 4 aliphatic rings. The molecule has 0 radical (unpaired) electrons. The molecule has 1 aromatic carbocycles. The molecule has 27 heavy (non-hydrogen) atoms. The number of aliphatic carboxylic acids is 1. The predicted molar refractivity (Wildman–Crippen MR) is 97.7 cm³/mol. The van der Waals surface area contributed by atoms with Crippen molar-refractivity contribution in [1.29, 1.82) is 0 Å². The van der Waals surface area contributed by atoms with Crippen LogP contribution in [0.4, 0.5) is 0 Å². The van der Waals surface area contributed by atoms with Crippen molar-refractivity contribution in [3.05, 3.63) is 58.0 Å². The van der Waals surface area contributed by atoms with Gasteiger partial charge >= 0.3 is 5.97 Å². The zero-order valence-corrected chi connectivity index (χ0v) is 14.4. The Balaban J connectivity index is 1.66. The van der Waals surface area contributed by atoms with Crippen LogP contribution >= 0.6 is 0 Å². The summed E-state index contributed by atoms with van der Waals surface area (Å²) in [6.07, 6.45) is 9.89. The molecule has 138 valence electrons. The molecule has 1 heterocycles. The van der Waals surface area contributed by atoms with E-state index in [1.165, 1.54) is 0 Å². The van der Waals surface area contributed by atoms with E-state index < -0.39 is 23.5 Å². The normalized spacial score (nSPS) is 33.1. The summed E-state index contributed by atoms with van der Waals surface area (Å²) >= 11 is 0. The van der Waals surface area contributed by atoms with E-state index in [1.807, 2.05) is 24.3 Å². The Morgan fingerprint density at radius 2 is 1.85 bits per heavy atom. The van der Waals surface area contributed by atoms with E-state index in [0.29, 0.717) is 5.57 Å². The molecule has 3 unspecified atom stereocenters. The Kier molecular flexibility index (Phi) is 3.31. The monoisotopic (exact) mass is 366 g/mol. The fourth-order valence-corrected chi connectivity index (χ4v) is 4.31. The molecule has 1 fully saturated rings. The molecular formula is C21H18O6. The maximum Gasteiger partial charge on any atom is 0.333 e. The quantitative estimate of drug-likeness (QED) is 0.682. The average Bonchev–Trinajstić information content (AvgIpc) is 3.02. The Morgan fingerprint density at radius 1 is 1.07 bits per heavy atom. The molecular weight excluding hydrogens is 348 g/mol. The summed E-state index contributed by atoms with van der Waals surface area (Å²) < 4.78 is 11.5. The van der Waals surface area contributed by atoms with Crippen LogP contribution in [0.1, 0.15) is 24.0 Å². The number of rotatable bonds is 1. The Hall–Kier alpha value is -2.67. The van der Waals surface area contributed by atoms with Gasteiger partial charge in [0.1, 0.15) is 11.4 Å². The molecule has 6 heteroatoms. The van der Waals surface area contributed by atoms with Crippen LogP contribution in [0.15, 0.2) is 36.4 Å². The first-order valence-electron chi connectivity index (χ1n) is 8.85. The van der Waals surface area contributed by atoms with Gasteiger partial charge in [-0.3, -0.25) is 0 Å². The van der Waals surface area contributed by atoms with Gasteiger partial charge in [-0.25, -0.2) is 4.79 Å². The number of carboxylic acid groups (broad SMARTS) is 1. The van der Waals surface area contributed by atoms with Crippen molar-refractivity contribution in [2.75, 3.05) is 6.61 Å². The predicted octanol–water partition coefficient (Wildman–Crippen LogP) is 0.835. The first kappa shape index (κ1) is 16.5. The summed E-state index contributed by atoms with van der Waals surface area (Å²) in [7, 11) is 0. The number of hydrogen-bond donors (Lipinski definition) is 3. The van der Waals surface area contributed by atoms with Gasteiger partial charge in [-0.15, -0.1) is 0 Å². The highest BCUT2D eigenvalue weighted by Crippen LogP contribution is 2.43. The van der Waals surface area contributed by atoms with E-state index in [4.69, 9.17) is 9.47 Å². The highest BCUT2D eigenvalue weighted by Gasteiger charge is 2.49. The van der Waals surface area contributed by atoms with Crippen molar-refractivity contribution < 1.29 is 29.6 Å². The molecule has 5 rings (SSSR count). The van der Waals surface area contributed by atoms with Gasteiger partial charge in [0.05, 0.1) is 6.61 Å². The molecule has 6 nitrogen and oxygen atoms in total. The highest BCUT2D eigenvalue weighted by molar-refractivity contribution is 5.84. The number of fused-ring (bicyclic) bond motifs is 4. The average molecular weight is 366 g/mol. The van der Waals surface area contributed by atoms with Crippen LogP contribution in [0, 0.1) is 0 Å². The second kappa shape index (κ2) is 5.42. The van der Waals surface area contributed by atoms with Crippen molar-refractivity contribution >= 4 is 29.5 Å². The molecule has 3 atom stereocenters. The van der Waals surface area contributed by atoms with Crippen molar-refractivity contribution in [3.8, 4) is 0 Å². The Bertz CT molecular complexity index is 1080. The number of benzene rings is 1. The first-order valence-corrected chi connectivity index (χ1v) is 8.85. The number of aliphatic hydroxyl groups excluding tert-OH is 1. The Morgan fingerprint density at radius 3 is 2.67 bits per heavy atom.